The van der Waals surface area contributed by atoms with Gasteiger partial charge in [-0.15, -0.1) is 0 Å². The van der Waals surface area contributed by atoms with Gasteiger partial charge in [0.25, 0.3) is 0 Å². The molecule has 0 aromatic carbocycles. The van der Waals surface area contributed by atoms with Gasteiger partial charge in [-0.05, 0) is 35.2 Å². The van der Waals surface area contributed by atoms with Crippen molar-refractivity contribution in [2.75, 3.05) is 0 Å². The van der Waals surface area contributed by atoms with E-state index in [-0.39, 0.29) is 5.54 Å². The van der Waals surface area contributed by atoms with Gasteiger partial charge in [0.15, 0.2) is 0 Å². The van der Waals surface area contributed by atoms with E-state index < -0.39 is 0 Å². The fourth-order valence-electron chi connectivity index (χ4n) is 1.24. The molecule has 0 bridgehead atoms. The first kappa shape index (κ1) is 9.09. The van der Waals surface area contributed by atoms with Gasteiger partial charge in [0.1, 0.15) is 5.82 Å². The molecule has 2 N–H and O–H groups in total. The Labute approximate surface area is 85.9 Å². The normalized spacial score (nSPS) is 18.6. The Hall–Kier alpha value is -0.480. The predicted molar refractivity (Wildman–Crippen MR) is 54.2 cm³/mol. The lowest BCUT2D eigenvalue weighted by atomic mass is 10.1. The molecule has 1 aliphatic rings. The summed E-state index contributed by atoms with van der Waals surface area (Å²) in [5.74, 6) is 0.889. The van der Waals surface area contributed by atoms with Gasteiger partial charge in [-0.1, -0.05) is 0 Å². The lowest BCUT2D eigenvalue weighted by molar-refractivity contribution is 0.595. The topological polar surface area (TPSA) is 51.8 Å². The van der Waals surface area contributed by atoms with Crippen molar-refractivity contribution in [2.45, 2.75) is 31.2 Å². The molecule has 3 nitrogen and oxygen atoms in total. The van der Waals surface area contributed by atoms with Gasteiger partial charge in [0.05, 0.1) is 4.47 Å². The molecule has 0 saturated heterocycles. The number of rotatable bonds is 3. The number of nitrogens with zero attached hydrogens (tertiary/aromatic N) is 2. The highest BCUT2D eigenvalue weighted by molar-refractivity contribution is 9.10. The highest BCUT2D eigenvalue weighted by Gasteiger charge is 2.37. The zero-order valence-corrected chi connectivity index (χ0v) is 8.92. The van der Waals surface area contributed by atoms with E-state index in [2.05, 4.69) is 25.9 Å². The lowest BCUT2D eigenvalue weighted by Crippen LogP contribution is -2.22. The zero-order chi connectivity index (χ0) is 9.31. The maximum absolute atomic E-state index is 5.96. The summed E-state index contributed by atoms with van der Waals surface area (Å²) in [6, 6.07) is 0. The van der Waals surface area contributed by atoms with E-state index in [9.17, 15) is 0 Å². The summed E-state index contributed by atoms with van der Waals surface area (Å²) in [4.78, 5) is 8.39. The summed E-state index contributed by atoms with van der Waals surface area (Å²) in [5, 5.41) is 0. The van der Waals surface area contributed by atoms with E-state index in [1.165, 1.54) is 0 Å². The molecule has 70 valence electrons. The molecule has 0 spiro atoms. The van der Waals surface area contributed by atoms with Crippen LogP contribution in [0, 0.1) is 0 Å². The highest BCUT2D eigenvalue weighted by Crippen LogP contribution is 2.36. The van der Waals surface area contributed by atoms with Gasteiger partial charge in [0.2, 0.25) is 0 Å². The maximum atomic E-state index is 5.96. The van der Waals surface area contributed by atoms with Gasteiger partial charge >= 0.3 is 0 Å². The third-order valence-electron chi connectivity index (χ3n) is 2.41. The lowest BCUT2D eigenvalue weighted by Gasteiger charge is -2.06. The molecule has 1 aliphatic carbocycles. The minimum Gasteiger partial charge on any atom is -0.325 e. The molecule has 1 saturated carbocycles. The number of hydrogen-bond donors (Lipinski definition) is 1. The van der Waals surface area contributed by atoms with Crippen LogP contribution in [-0.2, 0) is 6.42 Å². The van der Waals surface area contributed by atoms with Crippen LogP contribution in [0.4, 0.5) is 0 Å². The van der Waals surface area contributed by atoms with Crippen LogP contribution in [0.1, 0.15) is 25.1 Å². The van der Waals surface area contributed by atoms with Crippen LogP contribution in [0.3, 0.4) is 0 Å². The predicted octanol–water partition coefficient (Wildman–Crippen LogP) is 1.66. The first-order valence-electron chi connectivity index (χ1n) is 4.43. The number of nitrogens with two attached hydrogens (primary N) is 1. The van der Waals surface area contributed by atoms with Crippen molar-refractivity contribution in [3.05, 3.63) is 22.7 Å². The average Bonchev–Trinajstić information content (AvgIpc) is 2.84. The average molecular weight is 242 g/mol. The second-order valence-electron chi connectivity index (χ2n) is 3.68. The summed E-state index contributed by atoms with van der Waals surface area (Å²) in [5.41, 5.74) is 6.07. The molecule has 1 aromatic rings. The minimum absolute atomic E-state index is 0.108. The summed E-state index contributed by atoms with van der Waals surface area (Å²) >= 11 is 3.30. The van der Waals surface area contributed by atoms with E-state index in [4.69, 9.17) is 5.73 Å². The molecule has 1 heterocycles. The van der Waals surface area contributed by atoms with Gasteiger partial charge in [-0.2, -0.15) is 0 Å². The van der Waals surface area contributed by atoms with Crippen molar-refractivity contribution < 1.29 is 0 Å². The van der Waals surface area contributed by atoms with Crippen LogP contribution in [0.2, 0.25) is 0 Å². The smallest absolute Gasteiger partial charge is 0.128 e. The molecule has 13 heavy (non-hydrogen) atoms. The van der Waals surface area contributed by atoms with E-state index in [1.54, 1.807) is 12.4 Å². The van der Waals surface area contributed by atoms with Gasteiger partial charge in [-0.25, -0.2) is 9.97 Å². The Morgan fingerprint density at radius 1 is 1.38 bits per heavy atom. The molecule has 1 aromatic heterocycles. The Kier molecular flexibility index (Phi) is 2.34. The minimum atomic E-state index is 0.108. The second kappa shape index (κ2) is 3.35. The van der Waals surface area contributed by atoms with Crippen molar-refractivity contribution in [1.82, 2.24) is 9.97 Å². The fraction of sp³-hybridized carbons (Fsp3) is 0.556. The van der Waals surface area contributed by atoms with Gasteiger partial charge < -0.3 is 5.73 Å². The second-order valence-corrected chi connectivity index (χ2v) is 4.60. The monoisotopic (exact) mass is 241 g/mol. The van der Waals surface area contributed by atoms with Crippen LogP contribution < -0.4 is 5.73 Å². The van der Waals surface area contributed by atoms with Crippen molar-refractivity contribution in [3.8, 4) is 0 Å². The van der Waals surface area contributed by atoms with E-state index in [0.717, 1.165) is 36.0 Å². The molecule has 0 aliphatic heterocycles. The molecule has 0 amide bonds. The standard InChI is InChI=1S/C9H12BrN3/c10-7-5-12-8(13-6-7)1-2-9(11)3-4-9/h5-6H,1-4,11H2. The Morgan fingerprint density at radius 2 is 2.00 bits per heavy atom. The van der Waals surface area contributed by atoms with Crippen molar-refractivity contribution >= 4 is 15.9 Å². The third-order valence-corrected chi connectivity index (χ3v) is 2.82. The summed E-state index contributed by atoms with van der Waals surface area (Å²) in [7, 11) is 0. The summed E-state index contributed by atoms with van der Waals surface area (Å²) in [6.45, 7) is 0. The molecule has 0 unspecified atom stereocenters. The molecular formula is C9H12BrN3. The Balaban J connectivity index is 1.91. The highest BCUT2D eigenvalue weighted by atomic mass is 79.9. The van der Waals surface area contributed by atoms with Crippen LogP contribution in [0.15, 0.2) is 16.9 Å². The molecule has 4 heteroatoms. The first-order valence-corrected chi connectivity index (χ1v) is 5.23. The summed E-state index contributed by atoms with van der Waals surface area (Å²) in [6.07, 6.45) is 7.77. The van der Waals surface area contributed by atoms with Crippen molar-refractivity contribution in [3.63, 3.8) is 0 Å². The number of halogens is 1. The molecule has 0 atom stereocenters. The Bertz CT molecular complexity index is 292. The maximum Gasteiger partial charge on any atom is 0.128 e. The quantitative estimate of drug-likeness (QED) is 0.876. The Morgan fingerprint density at radius 3 is 2.54 bits per heavy atom. The van der Waals surface area contributed by atoms with Gasteiger partial charge in [0, 0.05) is 24.4 Å². The van der Waals surface area contributed by atoms with Crippen LogP contribution in [0.25, 0.3) is 0 Å². The molecule has 1 fully saturated rings. The van der Waals surface area contributed by atoms with Crippen LogP contribution >= 0.6 is 15.9 Å². The summed E-state index contributed by atoms with van der Waals surface area (Å²) < 4.78 is 0.921. The molecule has 2 rings (SSSR count). The van der Waals surface area contributed by atoms with E-state index in [0.29, 0.717) is 0 Å². The van der Waals surface area contributed by atoms with Gasteiger partial charge in [-0.3, -0.25) is 0 Å². The van der Waals surface area contributed by atoms with Crippen LogP contribution in [0.5, 0.6) is 0 Å². The largest absolute Gasteiger partial charge is 0.325 e. The van der Waals surface area contributed by atoms with E-state index in [1.807, 2.05) is 0 Å². The van der Waals surface area contributed by atoms with Crippen molar-refractivity contribution in [1.29, 1.82) is 0 Å². The SMILES string of the molecule is NC1(CCc2ncc(Br)cn2)CC1. The number of hydrogen-bond acceptors (Lipinski definition) is 3. The number of aryl methyl sites for hydroxylation is 1. The molecule has 0 radical (unpaired) electrons. The van der Waals surface area contributed by atoms with Crippen molar-refractivity contribution in [2.24, 2.45) is 5.73 Å². The van der Waals surface area contributed by atoms with E-state index >= 15 is 0 Å². The van der Waals surface area contributed by atoms with Crippen LogP contribution in [-0.4, -0.2) is 15.5 Å². The number of aromatic nitrogens is 2. The third kappa shape index (κ3) is 2.48. The first-order chi connectivity index (χ1) is 6.18. The molecular weight excluding hydrogens is 230 g/mol. The fourth-order valence-corrected chi connectivity index (χ4v) is 1.44. The zero-order valence-electron chi connectivity index (χ0n) is 7.33.